The van der Waals surface area contributed by atoms with Crippen LogP contribution < -0.4 is 5.32 Å². The number of halogens is 1. The first kappa shape index (κ1) is 15.8. The summed E-state index contributed by atoms with van der Waals surface area (Å²) in [4.78, 5) is 21.8. The van der Waals surface area contributed by atoms with Crippen molar-refractivity contribution in [2.45, 2.75) is 13.3 Å². The van der Waals surface area contributed by atoms with Crippen LogP contribution >= 0.6 is 0 Å². The lowest BCUT2D eigenvalue weighted by Gasteiger charge is -2.07. The van der Waals surface area contributed by atoms with Crippen molar-refractivity contribution in [1.82, 2.24) is 0 Å². The van der Waals surface area contributed by atoms with Gasteiger partial charge in [-0.1, -0.05) is 6.07 Å². The SMILES string of the molecule is CCOCCC(=O)Nc1ccc(C=CC(=O)O)cc1F. The van der Waals surface area contributed by atoms with Crippen LogP contribution in [0.2, 0.25) is 0 Å². The number of rotatable bonds is 7. The summed E-state index contributed by atoms with van der Waals surface area (Å²) in [6.45, 7) is 2.62. The minimum Gasteiger partial charge on any atom is -0.478 e. The van der Waals surface area contributed by atoms with E-state index >= 15 is 0 Å². The third kappa shape index (κ3) is 5.62. The van der Waals surface area contributed by atoms with Crippen molar-refractivity contribution in [3.63, 3.8) is 0 Å². The Balaban J connectivity index is 2.64. The molecule has 6 heteroatoms. The zero-order chi connectivity index (χ0) is 15.0. The third-order valence-corrected chi connectivity index (χ3v) is 2.36. The maximum absolute atomic E-state index is 13.7. The average molecular weight is 281 g/mol. The smallest absolute Gasteiger partial charge is 0.328 e. The van der Waals surface area contributed by atoms with Gasteiger partial charge in [0.15, 0.2) is 0 Å². The van der Waals surface area contributed by atoms with E-state index in [1.807, 2.05) is 6.92 Å². The Bertz CT molecular complexity index is 514. The topological polar surface area (TPSA) is 75.6 Å². The summed E-state index contributed by atoms with van der Waals surface area (Å²) in [5, 5.41) is 10.9. The van der Waals surface area contributed by atoms with Crippen LogP contribution in [0.15, 0.2) is 24.3 Å². The molecule has 0 aliphatic carbocycles. The Hall–Kier alpha value is -2.21. The summed E-state index contributed by atoms with van der Waals surface area (Å²) in [5.41, 5.74) is 0.455. The number of hydrogen-bond donors (Lipinski definition) is 2. The first-order valence-corrected chi connectivity index (χ1v) is 6.11. The quantitative estimate of drug-likeness (QED) is 0.594. The molecule has 1 aromatic rings. The van der Waals surface area contributed by atoms with Gasteiger partial charge < -0.3 is 15.2 Å². The van der Waals surface area contributed by atoms with E-state index in [1.54, 1.807) is 0 Å². The largest absolute Gasteiger partial charge is 0.478 e. The summed E-state index contributed by atoms with van der Waals surface area (Å²) in [6.07, 6.45) is 2.33. The molecule has 20 heavy (non-hydrogen) atoms. The number of aliphatic carboxylic acids is 1. The molecule has 0 radical (unpaired) electrons. The van der Waals surface area contributed by atoms with Gasteiger partial charge in [-0.25, -0.2) is 9.18 Å². The maximum Gasteiger partial charge on any atom is 0.328 e. The second-order valence-corrected chi connectivity index (χ2v) is 3.91. The first-order chi connectivity index (χ1) is 9.52. The molecular formula is C14H16FNO4. The lowest BCUT2D eigenvalue weighted by atomic mass is 10.2. The van der Waals surface area contributed by atoms with Crippen molar-refractivity contribution in [1.29, 1.82) is 0 Å². The first-order valence-electron chi connectivity index (χ1n) is 6.11. The van der Waals surface area contributed by atoms with E-state index < -0.39 is 11.8 Å². The van der Waals surface area contributed by atoms with Crippen molar-refractivity contribution in [3.05, 3.63) is 35.7 Å². The zero-order valence-electron chi connectivity index (χ0n) is 11.1. The highest BCUT2D eigenvalue weighted by Crippen LogP contribution is 2.17. The molecule has 0 aliphatic heterocycles. The third-order valence-electron chi connectivity index (χ3n) is 2.36. The molecule has 1 amide bonds. The van der Waals surface area contributed by atoms with Crippen LogP contribution in [0.1, 0.15) is 18.9 Å². The monoisotopic (exact) mass is 281 g/mol. The van der Waals surface area contributed by atoms with E-state index in [1.165, 1.54) is 18.2 Å². The van der Waals surface area contributed by atoms with Gasteiger partial charge in [-0.15, -0.1) is 0 Å². The lowest BCUT2D eigenvalue weighted by molar-refractivity contribution is -0.131. The summed E-state index contributed by atoms with van der Waals surface area (Å²) in [5.74, 6) is -2.08. The molecule has 5 nitrogen and oxygen atoms in total. The molecule has 1 rings (SSSR count). The number of carboxylic acid groups (broad SMARTS) is 1. The molecule has 0 atom stereocenters. The normalized spacial score (nSPS) is 10.7. The molecule has 0 heterocycles. The average Bonchev–Trinajstić information content (AvgIpc) is 2.39. The Morgan fingerprint density at radius 2 is 2.20 bits per heavy atom. The molecule has 0 aliphatic rings. The maximum atomic E-state index is 13.7. The van der Waals surface area contributed by atoms with Gasteiger partial charge in [0.2, 0.25) is 5.91 Å². The summed E-state index contributed by atoms with van der Waals surface area (Å²) >= 11 is 0. The molecule has 1 aromatic carbocycles. The molecule has 0 saturated heterocycles. The Morgan fingerprint density at radius 3 is 2.80 bits per heavy atom. The molecule has 2 N–H and O–H groups in total. The van der Waals surface area contributed by atoms with Gasteiger partial charge in [0.05, 0.1) is 18.7 Å². The van der Waals surface area contributed by atoms with Crippen LogP contribution in [0.25, 0.3) is 6.08 Å². The fourth-order valence-corrected chi connectivity index (χ4v) is 1.43. The molecule has 0 spiro atoms. The second kappa shape index (κ2) is 8.06. The number of nitrogens with one attached hydrogen (secondary N) is 1. The van der Waals surface area contributed by atoms with Crippen molar-refractivity contribution >= 4 is 23.6 Å². The van der Waals surface area contributed by atoms with E-state index in [2.05, 4.69) is 5.32 Å². The Morgan fingerprint density at radius 1 is 1.45 bits per heavy atom. The van der Waals surface area contributed by atoms with Crippen LogP contribution in [-0.2, 0) is 14.3 Å². The van der Waals surface area contributed by atoms with Crippen molar-refractivity contribution in [2.24, 2.45) is 0 Å². The molecular weight excluding hydrogens is 265 g/mol. The number of carboxylic acids is 1. The summed E-state index contributed by atoms with van der Waals surface area (Å²) in [7, 11) is 0. The molecule has 0 bridgehead atoms. The fraction of sp³-hybridized carbons (Fsp3) is 0.286. The lowest BCUT2D eigenvalue weighted by Crippen LogP contribution is -2.15. The molecule has 0 saturated carbocycles. The number of benzene rings is 1. The number of carbonyl (C=O) groups is 2. The van der Waals surface area contributed by atoms with Gasteiger partial charge in [-0.05, 0) is 30.7 Å². The number of carbonyl (C=O) groups excluding carboxylic acids is 1. The van der Waals surface area contributed by atoms with Gasteiger partial charge in [0.1, 0.15) is 5.82 Å². The minimum absolute atomic E-state index is 0.0546. The van der Waals surface area contributed by atoms with Crippen LogP contribution in [0, 0.1) is 5.82 Å². The molecule has 0 aromatic heterocycles. The van der Waals surface area contributed by atoms with Crippen LogP contribution in [0.5, 0.6) is 0 Å². The van der Waals surface area contributed by atoms with Crippen LogP contribution in [-0.4, -0.2) is 30.2 Å². The van der Waals surface area contributed by atoms with Crippen molar-refractivity contribution < 1.29 is 23.8 Å². The number of hydrogen-bond acceptors (Lipinski definition) is 3. The number of anilines is 1. The van der Waals surface area contributed by atoms with Crippen LogP contribution in [0.3, 0.4) is 0 Å². The molecule has 108 valence electrons. The zero-order valence-corrected chi connectivity index (χ0v) is 11.1. The Labute approximate surface area is 116 Å². The predicted octanol–water partition coefficient (Wildman–Crippen LogP) is 2.29. The van der Waals surface area contributed by atoms with E-state index in [4.69, 9.17) is 9.84 Å². The van der Waals surface area contributed by atoms with E-state index in [0.717, 1.165) is 12.1 Å². The van der Waals surface area contributed by atoms with E-state index in [0.29, 0.717) is 12.2 Å². The predicted molar refractivity (Wildman–Crippen MR) is 72.8 cm³/mol. The molecule has 0 unspecified atom stereocenters. The van der Waals surface area contributed by atoms with E-state index in [-0.39, 0.29) is 24.6 Å². The summed E-state index contributed by atoms with van der Waals surface area (Å²) in [6, 6.07) is 4.05. The highest BCUT2D eigenvalue weighted by atomic mass is 19.1. The van der Waals surface area contributed by atoms with Gasteiger partial charge in [-0.3, -0.25) is 4.79 Å². The van der Waals surface area contributed by atoms with Crippen molar-refractivity contribution in [3.8, 4) is 0 Å². The highest BCUT2D eigenvalue weighted by Gasteiger charge is 2.07. The van der Waals surface area contributed by atoms with Gasteiger partial charge >= 0.3 is 5.97 Å². The standard InChI is InChI=1S/C14H16FNO4/c1-2-20-8-7-13(17)16-12-5-3-10(9-11(12)15)4-6-14(18)19/h3-6,9H,2,7-8H2,1H3,(H,16,17)(H,18,19). The van der Waals surface area contributed by atoms with Gasteiger partial charge in [0, 0.05) is 12.7 Å². The molecule has 0 fully saturated rings. The van der Waals surface area contributed by atoms with Crippen LogP contribution in [0.4, 0.5) is 10.1 Å². The number of amides is 1. The van der Waals surface area contributed by atoms with Crippen molar-refractivity contribution in [2.75, 3.05) is 18.5 Å². The van der Waals surface area contributed by atoms with Gasteiger partial charge in [-0.2, -0.15) is 0 Å². The summed E-state index contributed by atoms with van der Waals surface area (Å²) < 4.78 is 18.7. The fourth-order valence-electron chi connectivity index (χ4n) is 1.43. The Kier molecular flexibility index (Phi) is 6.39. The minimum atomic E-state index is -1.11. The highest BCUT2D eigenvalue weighted by molar-refractivity contribution is 5.91. The van der Waals surface area contributed by atoms with Gasteiger partial charge in [0.25, 0.3) is 0 Å². The second-order valence-electron chi connectivity index (χ2n) is 3.91. The van der Waals surface area contributed by atoms with E-state index in [9.17, 15) is 14.0 Å². The number of ether oxygens (including phenoxy) is 1.